The van der Waals surface area contributed by atoms with Gasteiger partial charge in [-0.15, -0.1) is 0 Å². The summed E-state index contributed by atoms with van der Waals surface area (Å²) in [6.45, 7) is 3.65. The van der Waals surface area contributed by atoms with Crippen molar-refractivity contribution in [2.24, 2.45) is 0 Å². The van der Waals surface area contributed by atoms with Crippen LogP contribution in [-0.2, 0) is 0 Å². The molecule has 128 valence electrons. The van der Waals surface area contributed by atoms with Crippen molar-refractivity contribution < 1.29 is 18.7 Å². The Bertz CT molecular complexity index is 720. The van der Waals surface area contributed by atoms with Crippen molar-refractivity contribution in [3.8, 4) is 11.5 Å². The Morgan fingerprint density at radius 1 is 1.12 bits per heavy atom. The van der Waals surface area contributed by atoms with E-state index in [-0.39, 0.29) is 11.7 Å². The fourth-order valence-electron chi connectivity index (χ4n) is 2.61. The number of ether oxygens (including phenoxy) is 2. The summed E-state index contributed by atoms with van der Waals surface area (Å²) in [7, 11) is 4.74. The highest BCUT2D eigenvalue weighted by atomic mass is 19.1. The van der Waals surface area contributed by atoms with Crippen LogP contribution >= 0.6 is 0 Å². The number of methoxy groups -OCH3 is 2. The standard InChI is InChI=1S/C19H22FNO3/c1-12-17(23-4)10-14(11-18(12)24-5)19(22)21(3)13(2)15-8-6-7-9-16(15)20/h6-11,13H,1-5H3. The van der Waals surface area contributed by atoms with Crippen LogP contribution in [0, 0.1) is 12.7 Å². The van der Waals surface area contributed by atoms with E-state index in [0.717, 1.165) is 5.56 Å². The van der Waals surface area contributed by atoms with Crippen molar-refractivity contribution in [1.29, 1.82) is 0 Å². The summed E-state index contributed by atoms with van der Waals surface area (Å²) in [4.78, 5) is 14.3. The van der Waals surface area contributed by atoms with E-state index in [9.17, 15) is 9.18 Å². The molecule has 0 aliphatic carbocycles. The molecule has 0 spiro atoms. The highest BCUT2D eigenvalue weighted by Gasteiger charge is 2.23. The summed E-state index contributed by atoms with van der Waals surface area (Å²) < 4.78 is 24.6. The van der Waals surface area contributed by atoms with Gasteiger partial charge >= 0.3 is 0 Å². The monoisotopic (exact) mass is 331 g/mol. The van der Waals surface area contributed by atoms with E-state index in [4.69, 9.17) is 9.47 Å². The van der Waals surface area contributed by atoms with E-state index >= 15 is 0 Å². The van der Waals surface area contributed by atoms with Crippen LogP contribution in [0.1, 0.15) is 34.5 Å². The summed E-state index contributed by atoms with van der Waals surface area (Å²) in [6.07, 6.45) is 0. The minimum Gasteiger partial charge on any atom is -0.496 e. The van der Waals surface area contributed by atoms with Crippen LogP contribution in [0.3, 0.4) is 0 Å². The van der Waals surface area contributed by atoms with E-state index in [1.807, 2.05) is 6.92 Å². The van der Waals surface area contributed by atoms with Crippen LogP contribution in [-0.4, -0.2) is 32.1 Å². The van der Waals surface area contributed by atoms with Gasteiger partial charge in [0, 0.05) is 23.7 Å². The zero-order chi connectivity index (χ0) is 17.9. The number of amides is 1. The average Bonchev–Trinajstić information content (AvgIpc) is 2.60. The molecule has 0 saturated heterocycles. The first-order chi connectivity index (χ1) is 11.4. The normalized spacial score (nSPS) is 11.8. The molecule has 5 heteroatoms. The second-order valence-electron chi connectivity index (χ2n) is 5.62. The highest BCUT2D eigenvalue weighted by Crippen LogP contribution is 2.31. The molecule has 4 nitrogen and oxygen atoms in total. The molecule has 0 fully saturated rings. The van der Waals surface area contributed by atoms with Crippen molar-refractivity contribution in [1.82, 2.24) is 4.90 Å². The van der Waals surface area contributed by atoms with Gasteiger partial charge in [0.25, 0.3) is 5.91 Å². The molecule has 2 aromatic carbocycles. The number of hydrogen-bond donors (Lipinski definition) is 0. The summed E-state index contributed by atoms with van der Waals surface area (Å²) in [6, 6.07) is 9.39. The number of hydrogen-bond acceptors (Lipinski definition) is 3. The third kappa shape index (κ3) is 3.35. The topological polar surface area (TPSA) is 38.8 Å². The van der Waals surface area contributed by atoms with E-state index in [1.54, 1.807) is 58.5 Å². The lowest BCUT2D eigenvalue weighted by Gasteiger charge is -2.26. The van der Waals surface area contributed by atoms with E-state index in [0.29, 0.717) is 22.6 Å². The van der Waals surface area contributed by atoms with Crippen LogP contribution in [0.25, 0.3) is 0 Å². The van der Waals surface area contributed by atoms with Gasteiger partial charge in [-0.2, -0.15) is 0 Å². The molecule has 1 atom stereocenters. The summed E-state index contributed by atoms with van der Waals surface area (Å²) in [5, 5.41) is 0. The predicted molar refractivity (Wildman–Crippen MR) is 91.2 cm³/mol. The predicted octanol–water partition coefficient (Wildman–Crippen LogP) is 3.98. The van der Waals surface area contributed by atoms with Gasteiger partial charge in [0.1, 0.15) is 17.3 Å². The molecule has 0 aliphatic heterocycles. The summed E-state index contributed by atoms with van der Waals surface area (Å²) >= 11 is 0. The molecule has 2 aromatic rings. The van der Waals surface area contributed by atoms with Gasteiger partial charge in [-0.1, -0.05) is 18.2 Å². The molecule has 0 aliphatic rings. The second-order valence-corrected chi connectivity index (χ2v) is 5.62. The van der Waals surface area contributed by atoms with E-state index in [1.165, 1.54) is 11.0 Å². The highest BCUT2D eigenvalue weighted by molar-refractivity contribution is 5.95. The van der Waals surface area contributed by atoms with Gasteiger partial charge < -0.3 is 14.4 Å². The Kier molecular flexibility index (Phi) is 5.44. The fraction of sp³-hybridized carbons (Fsp3) is 0.316. The number of halogens is 1. The lowest BCUT2D eigenvalue weighted by atomic mass is 10.0. The Labute approximate surface area is 141 Å². The number of rotatable bonds is 5. The van der Waals surface area contributed by atoms with Crippen LogP contribution in [0.5, 0.6) is 11.5 Å². The molecular formula is C19H22FNO3. The third-order valence-corrected chi connectivity index (χ3v) is 4.26. The molecule has 0 radical (unpaired) electrons. The van der Waals surface area contributed by atoms with Crippen molar-refractivity contribution in [3.63, 3.8) is 0 Å². The average molecular weight is 331 g/mol. The van der Waals surface area contributed by atoms with Crippen molar-refractivity contribution in [2.75, 3.05) is 21.3 Å². The maximum Gasteiger partial charge on any atom is 0.254 e. The molecule has 0 heterocycles. The van der Waals surface area contributed by atoms with Crippen molar-refractivity contribution in [2.45, 2.75) is 19.9 Å². The SMILES string of the molecule is COc1cc(C(=O)N(C)C(C)c2ccccc2F)cc(OC)c1C. The Morgan fingerprint density at radius 2 is 1.67 bits per heavy atom. The van der Waals surface area contributed by atoms with Gasteiger partial charge in [-0.25, -0.2) is 4.39 Å². The molecule has 0 aromatic heterocycles. The molecule has 0 N–H and O–H groups in total. The van der Waals surface area contributed by atoms with Crippen LogP contribution in [0.15, 0.2) is 36.4 Å². The first-order valence-electron chi connectivity index (χ1n) is 7.64. The first kappa shape index (κ1) is 17.8. The maximum absolute atomic E-state index is 14.0. The smallest absolute Gasteiger partial charge is 0.254 e. The van der Waals surface area contributed by atoms with Crippen molar-refractivity contribution >= 4 is 5.91 Å². The van der Waals surface area contributed by atoms with Crippen molar-refractivity contribution in [3.05, 3.63) is 58.9 Å². The van der Waals surface area contributed by atoms with Gasteiger partial charge in [0.15, 0.2) is 0 Å². The molecular weight excluding hydrogens is 309 g/mol. The quantitative estimate of drug-likeness (QED) is 0.832. The number of nitrogens with zero attached hydrogens (tertiary/aromatic N) is 1. The zero-order valence-electron chi connectivity index (χ0n) is 14.6. The minimum atomic E-state index is -0.406. The number of carbonyl (C=O) groups excluding carboxylic acids is 1. The maximum atomic E-state index is 14.0. The molecule has 1 unspecified atom stereocenters. The largest absolute Gasteiger partial charge is 0.496 e. The van der Waals surface area contributed by atoms with E-state index in [2.05, 4.69) is 0 Å². The van der Waals surface area contributed by atoms with Crippen LogP contribution in [0.4, 0.5) is 4.39 Å². The molecule has 0 saturated carbocycles. The molecule has 0 bridgehead atoms. The van der Waals surface area contributed by atoms with E-state index < -0.39 is 6.04 Å². The summed E-state index contributed by atoms with van der Waals surface area (Å²) in [5.41, 5.74) is 1.72. The van der Waals surface area contributed by atoms with Gasteiger partial charge in [-0.3, -0.25) is 4.79 Å². The van der Waals surface area contributed by atoms with Crippen LogP contribution < -0.4 is 9.47 Å². The fourth-order valence-corrected chi connectivity index (χ4v) is 2.61. The Balaban J connectivity index is 2.36. The number of carbonyl (C=O) groups is 1. The van der Waals surface area contributed by atoms with Gasteiger partial charge in [0.2, 0.25) is 0 Å². The summed E-state index contributed by atoms with van der Waals surface area (Å²) in [5.74, 6) is 0.584. The lowest BCUT2D eigenvalue weighted by Crippen LogP contribution is -2.30. The molecule has 1 amide bonds. The third-order valence-electron chi connectivity index (χ3n) is 4.26. The number of benzene rings is 2. The first-order valence-corrected chi connectivity index (χ1v) is 7.64. The Morgan fingerprint density at radius 3 is 2.17 bits per heavy atom. The molecule has 24 heavy (non-hydrogen) atoms. The second kappa shape index (κ2) is 7.34. The lowest BCUT2D eigenvalue weighted by molar-refractivity contribution is 0.0739. The Hall–Kier alpha value is -2.56. The molecule has 2 rings (SSSR count). The van der Waals surface area contributed by atoms with Gasteiger partial charge in [-0.05, 0) is 32.0 Å². The zero-order valence-corrected chi connectivity index (χ0v) is 14.6. The van der Waals surface area contributed by atoms with Crippen LogP contribution in [0.2, 0.25) is 0 Å². The minimum absolute atomic E-state index is 0.234. The van der Waals surface area contributed by atoms with Gasteiger partial charge in [0.05, 0.1) is 20.3 Å².